The number of nitrogens with zero attached hydrogens (tertiary/aromatic N) is 2. The third-order valence-corrected chi connectivity index (χ3v) is 4.65. The fraction of sp³-hybridized carbons (Fsp3) is 0.389. The number of hydrogen-bond acceptors (Lipinski definition) is 3. The van der Waals surface area contributed by atoms with Crippen LogP contribution in [0.2, 0.25) is 0 Å². The molecule has 6 nitrogen and oxygen atoms in total. The topological polar surface area (TPSA) is 86.3 Å². The molecule has 0 radical (unpaired) electrons. The average Bonchev–Trinajstić information content (AvgIpc) is 3.05. The lowest BCUT2D eigenvalue weighted by Gasteiger charge is -2.36. The molecule has 0 spiro atoms. The van der Waals surface area contributed by atoms with Gasteiger partial charge in [-0.3, -0.25) is 14.7 Å². The lowest BCUT2D eigenvalue weighted by Crippen LogP contribution is -2.47. The van der Waals surface area contributed by atoms with Crippen LogP contribution < -0.4 is 0 Å². The van der Waals surface area contributed by atoms with Crippen LogP contribution in [0.15, 0.2) is 30.3 Å². The van der Waals surface area contributed by atoms with Gasteiger partial charge in [-0.1, -0.05) is 29.8 Å². The van der Waals surface area contributed by atoms with Crippen LogP contribution in [0.5, 0.6) is 0 Å². The molecule has 2 heterocycles. The molecule has 126 valence electrons. The highest BCUT2D eigenvalue weighted by Crippen LogP contribution is 2.25. The number of rotatable bonds is 3. The fourth-order valence-electron chi connectivity index (χ4n) is 3.05. The number of amides is 1. The van der Waals surface area contributed by atoms with Crippen molar-refractivity contribution in [3.8, 4) is 11.3 Å². The molecule has 1 aliphatic heterocycles. The standard InChI is InChI=1S/C18H21N3O3/c1-11-3-6-13(7-4-11)15-9-16(20-19-15)17(22)21-10-14(18(23)24)8-5-12(21)2/h3-4,6-7,9,12,14H,5,8,10H2,1-2H3,(H,19,20)(H,23,24). The highest BCUT2D eigenvalue weighted by Gasteiger charge is 2.33. The molecule has 1 amide bonds. The predicted molar refractivity (Wildman–Crippen MR) is 89.6 cm³/mol. The number of aromatic amines is 1. The summed E-state index contributed by atoms with van der Waals surface area (Å²) >= 11 is 0. The minimum absolute atomic E-state index is 0.0271. The van der Waals surface area contributed by atoms with Crippen molar-refractivity contribution in [2.24, 2.45) is 5.92 Å². The van der Waals surface area contributed by atoms with Crippen LogP contribution in [0.25, 0.3) is 11.3 Å². The normalized spacial score (nSPS) is 20.8. The Balaban J connectivity index is 1.80. The van der Waals surface area contributed by atoms with Gasteiger partial charge in [0.1, 0.15) is 5.69 Å². The van der Waals surface area contributed by atoms with E-state index in [2.05, 4.69) is 10.2 Å². The second-order valence-electron chi connectivity index (χ2n) is 6.45. The van der Waals surface area contributed by atoms with Gasteiger partial charge in [-0.2, -0.15) is 5.10 Å². The molecule has 0 bridgehead atoms. The number of likely N-dealkylation sites (tertiary alicyclic amines) is 1. The molecule has 2 aromatic rings. The molecule has 24 heavy (non-hydrogen) atoms. The van der Waals surface area contributed by atoms with Crippen molar-refractivity contribution in [2.45, 2.75) is 32.7 Å². The number of benzene rings is 1. The number of hydrogen-bond donors (Lipinski definition) is 2. The van der Waals surface area contributed by atoms with E-state index in [0.29, 0.717) is 24.2 Å². The molecule has 1 aliphatic rings. The number of carboxylic acids is 1. The number of carbonyl (C=O) groups excluding carboxylic acids is 1. The van der Waals surface area contributed by atoms with E-state index in [1.165, 1.54) is 0 Å². The van der Waals surface area contributed by atoms with Crippen LogP contribution >= 0.6 is 0 Å². The maximum absolute atomic E-state index is 12.7. The van der Waals surface area contributed by atoms with Crippen LogP contribution in [0.4, 0.5) is 0 Å². The first-order valence-corrected chi connectivity index (χ1v) is 8.12. The quantitative estimate of drug-likeness (QED) is 0.907. The van der Waals surface area contributed by atoms with E-state index in [0.717, 1.165) is 11.1 Å². The Hall–Kier alpha value is -2.63. The summed E-state index contributed by atoms with van der Waals surface area (Å²) in [5.74, 6) is -1.53. The maximum Gasteiger partial charge on any atom is 0.308 e. The molecule has 0 saturated carbocycles. The minimum Gasteiger partial charge on any atom is -0.481 e. The summed E-state index contributed by atoms with van der Waals surface area (Å²) in [7, 11) is 0. The number of carboxylic acid groups (broad SMARTS) is 1. The SMILES string of the molecule is Cc1ccc(-c2cc(C(=O)N3CC(C(=O)O)CCC3C)[nH]n2)cc1. The molecule has 6 heteroatoms. The Morgan fingerprint density at radius 2 is 1.96 bits per heavy atom. The van der Waals surface area contributed by atoms with Gasteiger partial charge in [-0.05, 0) is 32.8 Å². The van der Waals surface area contributed by atoms with Crippen molar-refractivity contribution >= 4 is 11.9 Å². The van der Waals surface area contributed by atoms with Crippen molar-refractivity contribution in [2.75, 3.05) is 6.54 Å². The van der Waals surface area contributed by atoms with Crippen LogP contribution in [-0.2, 0) is 4.79 Å². The monoisotopic (exact) mass is 327 g/mol. The van der Waals surface area contributed by atoms with Crippen molar-refractivity contribution in [3.05, 3.63) is 41.6 Å². The fourth-order valence-corrected chi connectivity index (χ4v) is 3.05. The van der Waals surface area contributed by atoms with E-state index in [1.54, 1.807) is 11.0 Å². The first-order valence-electron chi connectivity index (χ1n) is 8.12. The Bertz CT molecular complexity index is 751. The zero-order valence-electron chi connectivity index (χ0n) is 13.8. The Morgan fingerprint density at radius 1 is 1.25 bits per heavy atom. The summed E-state index contributed by atoms with van der Waals surface area (Å²) in [5.41, 5.74) is 3.19. The minimum atomic E-state index is -0.843. The lowest BCUT2D eigenvalue weighted by molar-refractivity contribution is -0.143. The molecular formula is C18H21N3O3. The average molecular weight is 327 g/mol. The molecule has 2 unspecified atom stereocenters. The largest absolute Gasteiger partial charge is 0.481 e. The number of piperidine rings is 1. The number of carbonyl (C=O) groups is 2. The highest BCUT2D eigenvalue weighted by atomic mass is 16.4. The summed E-state index contributed by atoms with van der Waals surface area (Å²) < 4.78 is 0. The van der Waals surface area contributed by atoms with Gasteiger partial charge in [0, 0.05) is 18.2 Å². The second-order valence-corrected chi connectivity index (χ2v) is 6.45. The maximum atomic E-state index is 12.7. The van der Waals surface area contributed by atoms with Crippen LogP contribution in [0.1, 0.15) is 35.8 Å². The zero-order valence-corrected chi connectivity index (χ0v) is 13.8. The van der Waals surface area contributed by atoms with Crippen LogP contribution in [0, 0.1) is 12.8 Å². The summed E-state index contributed by atoms with van der Waals surface area (Å²) in [6.07, 6.45) is 1.31. The van der Waals surface area contributed by atoms with E-state index in [1.807, 2.05) is 38.1 Å². The Kier molecular flexibility index (Phi) is 4.38. The van der Waals surface area contributed by atoms with Crippen LogP contribution in [0.3, 0.4) is 0 Å². The summed E-state index contributed by atoms with van der Waals surface area (Å²) in [6.45, 7) is 4.21. The van der Waals surface area contributed by atoms with E-state index in [4.69, 9.17) is 0 Å². The first-order chi connectivity index (χ1) is 11.5. The number of aryl methyl sites for hydroxylation is 1. The summed E-state index contributed by atoms with van der Waals surface area (Å²) in [6, 6.07) is 9.67. The molecule has 1 saturated heterocycles. The first kappa shape index (κ1) is 16.2. The van der Waals surface area contributed by atoms with Gasteiger partial charge in [0.05, 0.1) is 11.6 Å². The Morgan fingerprint density at radius 3 is 2.62 bits per heavy atom. The van der Waals surface area contributed by atoms with Gasteiger partial charge >= 0.3 is 5.97 Å². The van der Waals surface area contributed by atoms with Gasteiger partial charge in [0.15, 0.2) is 0 Å². The van der Waals surface area contributed by atoms with Crippen molar-refractivity contribution < 1.29 is 14.7 Å². The number of aromatic nitrogens is 2. The molecule has 3 rings (SSSR count). The van der Waals surface area contributed by atoms with Crippen LogP contribution in [-0.4, -0.2) is 44.7 Å². The van der Waals surface area contributed by atoms with Gasteiger partial charge in [0.25, 0.3) is 5.91 Å². The van der Waals surface area contributed by atoms with E-state index in [9.17, 15) is 14.7 Å². The smallest absolute Gasteiger partial charge is 0.308 e. The molecule has 1 fully saturated rings. The number of aliphatic carboxylic acids is 1. The number of nitrogens with one attached hydrogen (secondary N) is 1. The van der Waals surface area contributed by atoms with Gasteiger partial charge in [-0.15, -0.1) is 0 Å². The zero-order chi connectivity index (χ0) is 17.3. The van der Waals surface area contributed by atoms with E-state index < -0.39 is 11.9 Å². The molecular weight excluding hydrogens is 306 g/mol. The molecule has 2 N–H and O–H groups in total. The highest BCUT2D eigenvalue weighted by molar-refractivity contribution is 5.94. The molecule has 1 aromatic carbocycles. The second kappa shape index (κ2) is 6.47. The molecule has 1 aromatic heterocycles. The summed E-state index contributed by atoms with van der Waals surface area (Å²) in [4.78, 5) is 25.6. The van der Waals surface area contributed by atoms with E-state index >= 15 is 0 Å². The van der Waals surface area contributed by atoms with Gasteiger partial charge < -0.3 is 10.0 Å². The van der Waals surface area contributed by atoms with Crippen molar-refractivity contribution in [1.82, 2.24) is 15.1 Å². The Labute approximate surface area is 140 Å². The lowest BCUT2D eigenvalue weighted by atomic mass is 9.93. The third kappa shape index (κ3) is 3.18. The summed E-state index contributed by atoms with van der Waals surface area (Å²) in [5, 5.41) is 16.2. The van der Waals surface area contributed by atoms with Gasteiger partial charge in [0.2, 0.25) is 0 Å². The number of H-pyrrole nitrogens is 1. The van der Waals surface area contributed by atoms with Gasteiger partial charge in [-0.25, -0.2) is 0 Å². The predicted octanol–water partition coefficient (Wildman–Crippen LogP) is 2.71. The third-order valence-electron chi connectivity index (χ3n) is 4.65. The van der Waals surface area contributed by atoms with Crippen molar-refractivity contribution in [1.29, 1.82) is 0 Å². The molecule has 0 aliphatic carbocycles. The van der Waals surface area contributed by atoms with Crippen molar-refractivity contribution in [3.63, 3.8) is 0 Å². The van der Waals surface area contributed by atoms with E-state index in [-0.39, 0.29) is 18.5 Å². The molecule has 2 atom stereocenters.